The van der Waals surface area contributed by atoms with Crippen LogP contribution in [0.25, 0.3) is 0 Å². The summed E-state index contributed by atoms with van der Waals surface area (Å²) in [4.78, 5) is 50.9. The van der Waals surface area contributed by atoms with E-state index in [2.05, 4.69) is 10.6 Å². The highest BCUT2D eigenvalue weighted by Crippen LogP contribution is 2.34. The van der Waals surface area contributed by atoms with Crippen molar-refractivity contribution in [2.45, 2.75) is 56.1 Å². The van der Waals surface area contributed by atoms with Crippen LogP contribution < -0.4 is 15.5 Å². The number of nitrogens with zero attached hydrogens (tertiary/aromatic N) is 1. The Morgan fingerprint density at radius 2 is 1.93 bits per heavy atom. The molecule has 9 heteroatoms. The van der Waals surface area contributed by atoms with E-state index in [1.165, 1.54) is 23.6 Å². The fraction of sp³-hybridized carbons (Fsp3) is 0.500. The number of hydrogen-bond acceptors (Lipinski definition) is 6. The third-order valence-corrected chi connectivity index (χ3v) is 6.00. The average molecular weight is 420 g/mol. The number of esters is 1. The van der Waals surface area contributed by atoms with Gasteiger partial charge < -0.3 is 10.1 Å². The maximum Gasteiger partial charge on any atom is 0.326 e. The molecular formula is C20H25N3O5S. The Bertz CT molecular complexity index is 794. The van der Waals surface area contributed by atoms with E-state index >= 15 is 0 Å². The van der Waals surface area contributed by atoms with Gasteiger partial charge in [-0.25, -0.2) is 4.79 Å². The van der Waals surface area contributed by atoms with Crippen molar-refractivity contribution in [3.63, 3.8) is 0 Å². The molecule has 2 aliphatic rings. The zero-order valence-electron chi connectivity index (χ0n) is 16.3. The number of amides is 4. The molecule has 0 bridgehead atoms. The molecule has 8 nitrogen and oxygen atoms in total. The number of hydrogen-bond donors (Lipinski definition) is 2. The lowest BCUT2D eigenvalue weighted by Crippen LogP contribution is -2.49. The topological polar surface area (TPSA) is 105 Å². The van der Waals surface area contributed by atoms with E-state index in [1.54, 1.807) is 12.1 Å². The van der Waals surface area contributed by atoms with Crippen molar-refractivity contribution in [1.29, 1.82) is 0 Å². The van der Waals surface area contributed by atoms with Crippen LogP contribution in [0.1, 0.15) is 39.0 Å². The summed E-state index contributed by atoms with van der Waals surface area (Å²) in [6, 6.07) is 6.78. The molecule has 0 saturated heterocycles. The van der Waals surface area contributed by atoms with Crippen LogP contribution in [-0.4, -0.2) is 48.3 Å². The highest BCUT2D eigenvalue weighted by molar-refractivity contribution is 8.00. The lowest BCUT2D eigenvalue weighted by molar-refractivity contribution is -0.153. The van der Waals surface area contributed by atoms with Gasteiger partial charge in [-0.15, -0.1) is 11.8 Å². The van der Waals surface area contributed by atoms with Crippen molar-refractivity contribution in [2.75, 3.05) is 17.2 Å². The second-order valence-corrected chi connectivity index (χ2v) is 8.18. The molecule has 1 aliphatic carbocycles. The van der Waals surface area contributed by atoms with Crippen LogP contribution in [0.2, 0.25) is 0 Å². The molecule has 29 heavy (non-hydrogen) atoms. The number of benzene rings is 1. The van der Waals surface area contributed by atoms with Gasteiger partial charge in [-0.1, -0.05) is 31.4 Å². The van der Waals surface area contributed by atoms with E-state index in [0.29, 0.717) is 5.69 Å². The van der Waals surface area contributed by atoms with E-state index in [9.17, 15) is 19.2 Å². The number of anilines is 1. The molecule has 2 N–H and O–H groups in total. The van der Waals surface area contributed by atoms with Crippen molar-refractivity contribution in [3.05, 3.63) is 24.3 Å². The molecule has 1 atom stereocenters. The minimum absolute atomic E-state index is 0.0671. The van der Waals surface area contributed by atoms with Gasteiger partial charge in [0.05, 0.1) is 11.4 Å². The zero-order chi connectivity index (χ0) is 20.8. The van der Waals surface area contributed by atoms with Crippen molar-refractivity contribution in [1.82, 2.24) is 10.6 Å². The summed E-state index contributed by atoms with van der Waals surface area (Å²) in [6.07, 6.45) is 3.93. The lowest BCUT2D eigenvalue weighted by atomic mass is 9.96. The summed E-state index contributed by atoms with van der Waals surface area (Å²) in [7, 11) is 0. The molecule has 156 valence electrons. The maximum absolute atomic E-state index is 12.3. The van der Waals surface area contributed by atoms with Gasteiger partial charge in [0.2, 0.25) is 5.91 Å². The number of para-hydroxylation sites is 1. The van der Waals surface area contributed by atoms with Gasteiger partial charge in [-0.3, -0.25) is 24.6 Å². The third kappa shape index (κ3) is 5.72. The first-order valence-corrected chi connectivity index (χ1v) is 10.8. The van der Waals surface area contributed by atoms with Gasteiger partial charge in [-0.2, -0.15) is 0 Å². The van der Waals surface area contributed by atoms with Crippen LogP contribution in [0, 0.1) is 0 Å². The van der Waals surface area contributed by atoms with Crippen molar-refractivity contribution in [2.24, 2.45) is 0 Å². The minimum Gasteiger partial charge on any atom is -0.451 e. The van der Waals surface area contributed by atoms with E-state index < -0.39 is 24.0 Å². The fourth-order valence-electron chi connectivity index (χ4n) is 3.43. The van der Waals surface area contributed by atoms with Crippen LogP contribution >= 0.6 is 11.8 Å². The predicted molar refractivity (Wildman–Crippen MR) is 109 cm³/mol. The van der Waals surface area contributed by atoms with Crippen LogP contribution in [0.4, 0.5) is 10.5 Å². The molecule has 0 aromatic heterocycles. The molecule has 0 spiro atoms. The first-order chi connectivity index (χ1) is 13.9. The number of fused-ring (bicyclic) bond motifs is 1. The Morgan fingerprint density at radius 3 is 2.69 bits per heavy atom. The zero-order valence-corrected chi connectivity index (χ0v) is 17.1. The van der Waals surface area contributed by atoms with Crippen molar-refractivity contribution >= 4 is 41.3 Å². The second-order valence-electron chi connectivity index (χ2n) is 7.17. The van der Waals surface area contributed by atoms with Crippen LogP contribution in [0.15, 0.2) is 29.2 Å². The number of carbonyl (C=O) groups excluding carboxylic acids is 4. The standard InChI is InChI=1S/C20H25N3O5S/c1-13(19(26)22-20(27)21-14-7-3-2-4-8-14)28-18(25)11-23-15-9-5-6-10-16(15)29-12-17(23)24/h5-6,9-10,13-14H,2-4,7-8,11-12H2,1H3,(H2,21,22,26,27). The number of nitrogens with one attached hydrogen (secondary N) is 2. The number of carbonyl (C=O) groups is 4. The smallest absolute Gasteiger partial charge is 0.326 e. The summed E-state index contributed by atoms with van der Waals surface area (Å²) < 4.78 is 5.14. The summed E-state index contributed by atoms with van der Waals surface area (Å²) in [5.41, 5.74) is 0.648. The number of thioether (sulfide) groups is 1. The van der Waals surface area contributed by atoms with Gasteiger partial charge in [0.25, 0.3) is 5.91 Å². The largest absolute Gasteiger partial charge is 0.451 e. The lowest BCUT2D eigenvalue weighted by Gasteiger charge is -2.28. The monoisotopic (exact) mass is 419 g/mol. The van der Waals surface area contributed by atoms with Gasteiger partial charge in [0.1, 0.15) is 6.54 Å². The maximum atomic E-state index is 12.3. The molecule has 1 aliphatic heterocycles. The Hall–Kier alpha value is -2.55. The Labute approximate surface area is 173 Å². The molecule has 1 unspecified atom stereocenters. The number of ether oxygens (including phenoxy) is 1. The average Bonchev–Trinajstić information content (AvgIpc) is 2.70. The van der Waals surface area contributed by atoms with Crippen LogP contribution in [-0.2, 0) is 19.1 Å². The quantitative estimate of drug-likeness (QED) is 0.709. The second kappa shape index (κ2) is 9.78. The van der Waals surface area contributed by atoms with Crippen molar-refractivity contribution < 1.29 is 23.9 Å². The van der Waals surface area contributed by atoms with Gasteiger partial charge in [0.15, 0.2) is 6.10 Å². The van der Waals surface area contributed by atoms with Gasteiger partial charge in [0, 0.05) is 10.9 Å². The summed E-state index contributed by atoms with van der Waals surface area (Å²) >= 11 is 1.42. The number of urea groups is 1. The highest BCUT2D eigenvalue weighted by atomic mass is 32.2. The summed E-state index contributed by atoms with van der Waals surface area (Å²) in [5.74, 6) is -1.38. The first kappa shape index (κ1) is 21.2. The molecule has 1 saturated carbocycles. The normalized spacial score (nSPS) is 17.8. The molecule has 1 aromatic carbocycles. The number of imide groups is 1. The molecule has 1 aromatic rings. The molecule has 3 rings (SSSR count). The number of rotatable bonds is 5. The van der Waals surface area contributed by atoms with Gasteiger partial charge >= 0.3 is 12.0 Å². The molecular weight excluding hydrogens is 394 g/mol. The third-order valence-electron chi connectivity index (χ3n) is 4.95. The fourth-order valence-corrected chi connectivity index (χ4v) is 4.36. The SMILES string of the molecule is CC(OC(=O)CN1C(=O)CSc2ccccc21)C(=O)NC(=O)NC1CCCCC1. The predicted octanol–water partition coefficient (Wildman–Crippen LogP) is 2.22. The minimum atomic E-state index is -1.15. The first-order valence-electron chi connectivity index (χ1n) is 9.77. The molecule has 4 amide bonds. The molecule has 0 radical (unpaired) electrons. The van der Waals surface area contributed by atoms with E-state index in [1.807, 2.05) is 12.1 Å². The van der Waals surface area contributed by atoms with Crippen LogP contribution in [0.5, 0.6) is 0 Å². The molecule has 1 fully saturated rings. The van der Waals surface area contributed by atoms with E-state index in [-0.39, 0.29) is 24.2 Å². The van der Waals surface area contributed by atoms with Gasteiger partial charge in [-0.05, 0) is 31.9 Å². The van der Waals surface area contributed by atoms with Crippen LogP contribution in [0.3, 0.4) is 0 Å². The Balaban J connectivity index is 1.49. The van der Waals surface area contributed by atoms with E-state index in [0.717, 1.165) is 37.0 Å². The Morgan fingerprint density at radius 1 is 1.21 bits per heavy atom. The Kier molecular flexibility index (Phi) is 7.13. The summed E-state index contributed by atoms with van der Waals surface area (Å²) in [6.45, 7) is 1.10. The van der Waals surface area contributed by atoms with Crippen molar-refractivity contribution in [3.8, 4) is 0 Å². The van der Waals surface area contributed by atoms with E-state index in [4.69, 9.17) is 4.74 Å². The highest BCUT2D eigenvalue weighted by Gasteiger charge is 2.28. The summed E-state index contributed by atoms with van der Waals surface area (Å²) in [5, 5.41) is 4.98. The molecule has 1 heterocycles.